The van der Waals surface area contributed by atoms with Gasteiger partial charge in [-0.1, -0.05) is 11.6 Å². The van der Waals surface area contributed by atoms with Crippen molar-refractivity contribution in [3.63, 3.8) is 0 Å². The summed E-state index contributed by atoms with van der Waals surface area (Å²) in [7, 11) is 3.12. The lowest BCUT2D eigenvalue weighted by atomic mass is 10.2. The molecule has 6 heteroatoms. The van der Waals surface area contributed by atoms with Crippen LogP contribution in [0, 0.1) is 6.92 Å². The molecular formula is C12H17ClN2O3. The number of pyridine rings is 1. The van der Waals surface area contributed by atoms with Crippen LogP contribution in [0.15, 0.2) is 12.1 Å². The molecule has 1 aromatic heterocycles. The molecule has 0 aliphatic heterocycles. The Bertz CT molecular complexity index is 426. The third kappa shape index (κ3) is 3.94. The van der Waals surface area contributed by atoms with E-state index in [9.17, 15) is 9.90 Å². The van der Waals surface area contributed by atoms with Crippen LogP contribution in [0.25, 0.3) is 0 Å². The third-order valence-electron chi connectivity index (χ3n) is 2.47. The summed E-state index contributed by atoms with van der Waals surface area (Å²) >= 11 is 5.73. The first-order valence-corrected chi connectivity index (χ1v) is 5.89. The van der Waals surface area contributed by atoms with Crippen LogP contribution in [-0.4, -0.2) is 54.3 Å². The molecule has 0 fully saturated rings. The van der Waals surface area contributed by atoms with E-state index >= 15 is 0 Å². The number of aliphatic hydroxyl groups excluding tert-OH is 1. The molecule has 1 amide bonds. The van der Waals surface area contributed by atoms with Gasteiger partial charge in [-0.05, 0) is 19.1 Å². The summed E-state index contributed by atoms with van der Waals surface area (Å²) in [5.41, 5.74) is 1.05. The van der Waals surface area contributed by atoms with Gasteiger partial charge in [0.25, 0.3) is 5.91 Å². The highest BCUT2D eigenvalue weighted by Gasteiger charge is 2.17. The molecule has 1 heterocycles. The van der Waals surface area contributed by atoms with Gasteiger partial charge in [-0.3, -0.25) is 4.79 Å². The maximum absolute atomic E-state index is 12.1. The Morgan fingerprint density at radius 1 is 1.61 bits per heavy atom. The monoisotopic (exact) mass is 272 g/mol. The summed E-state index contributed by atoms with van der Waals surface area (Å²) in [5, 5.41) is 9.93. The van der Waals surface area contributed by atoms with Crippen LogP contribution in [0.3, 0.4) is 0 Å². The van der Waals surface area contributed by atoms with Gasteiger partial charge in [-0.25, -0.2) is 4.98 Å². The molecule has 0 radical (unpaired) electrons. The molecule has 18 heavy (non-hydrogen) atoms. The predicted octanol–water partition coefficient (Wildman–Crippen LogP) is 1.12. The second-order valence-corrected chi connectivity index (χ2v) is 4.45. The quantitative estimate of drug-likeness (QED) is 0.816. The smallest absolute Gasteiger partial charge is 0.255 e. The summed E-state index contributed by atoms with van der Waals surface area (Å²) in [6.07, 6.45) is -0.704. The topological polar surface area (TPSA) is 62.7 Å². The molecular weight excluding hydrogens is 256 g/mol. The average molecular weight is 273 g/mol. The van der Waals surface area contributed by atoms with Crippen LogP contribution in [-0.2, 0) is 4.74 Å². The van der Waals surface area contributed by atoms with E-state index in [-0.39, 0.29) is 19.1 Å². The normalized spacial score (nSPS) is 12.3. The highest BCUT2D eigenvalue weighted by atomic mass is 35.5. The number of methoxy groups -OCH3 is 1. The first kappa shape index (κ1) is 14.9. The molecule has 0 bridgehead atoms. The van der Waals surface area contributed by atoms with Crippen molar-refractivity contribution in [2.45, 2.75) is 13.0 Å². The summed E-state index contributed by atoms with van der Waals surface area (Å²) in [5.74, 6) is -0.202. The molecule has 1 unspecified atom stereocenters. The number of halogens is 1. The predicted molar refractivity (Wildman–Crippen MR) is 68.8 cm³/mol. The van der Waals surface area contributed by atoms with Gasteiger partial charge in [0.15, 0.2) is 0 Å². The van der Waals surface area contributed by atoms with Crippen molar-refractivity contribution in [3.05, 3.63) is 28.5 Å². The Morgan fingerprint density at radius 3 is 2.83 bits per heavy atom. The minimum Gasteiger partial charge on any atom is -0.389 e. The maximum atomic E-state index is 12.1. The molecule has 1 N–H and O–H groups in total. The van der Waals surface area contributed by atoms with E-state index < -0.39 is 6.10 Å². The summed E-state index contributed by atoms with van der Waals surface area (Å²) in [4.78, 5) is 17.6. The standard InChI is InChI=1S/C12H17ClN2O3/c1-8-10(4-5-11(13)14-8)12(17)15(2)6-9(16)7-18-3/h4-5,9,16H,6-7H2,1-3H3. The second kappa shape index (κ2) is 6.68. The largest absolute Gasteiger partial charge is 0.389 e. The molecule has 0 spiro atoms. The Morgan fingerprint density at radius 2 is 2.28 bits per heavy atom. The SMILES string of the molecule is COCC(O)CN(C)C(=O)c1ccc(Cl)nc1C. The average Bonchev–Trinajstić information content (AvgIpc) is 2.28. The number of aliphatic hydroxyl groups is 1. The van der Waals surface area contributed by atoms with Crippen LogP contribution in [0.2, 0.25) is 5.15 Å². The fourth-order valence-electron chi connectivity index (χ4n) is 1.61. The fraction of sp³-hybridized carbons (Fsp3) is 0.500. The Hall–Kier alpha value is -1.17. The number of carbonyl (C=O) groups is 1. The molecule has 0 saturated carbocycles. The van der Waals surface area contributed by atoms with Gasteiger partial charge in [-0.15, -0.1) is 0 Å². The van der Waals surface area contributed by atoms with E-state index in [0.29, 0.717) is 16.4 Å². The van der Waals surface area contributed by atoms with Gasteiger partial charge in [0.1, 0.15) is 5.15 Å². The van der Waals surface area contributed by atoms with Crippen molar-refractivity contribution in [2.75, 3.05) is 27.3 Å². The van der Waals surface area contributed by atoms with Crippen molar-refractivity contribution in [1.82, 2.24) is 9.88 Å². The van der Waals surface area contributed by atoms with Crippen LogP contribution < -0.4 is 0 Å². The first-order chi connectivity index (χ1) is 8.45. The van der Waals surface area contributed by atoms with Crippen molar-refractivity contribution in [3.8, 4) is 0 Å². The number of carbonyl (C=O) groups excluding carboxylic acids is 1. The molecule has 0 aromatic carbocycles. The fourth-order valence-corrected chi connectivity index (χ4v) is 1.80. The van der Waals surface area contributed by atoms with Crippen LogP contribution >= 0.6 is 11.6 Å². The van der Waals surface area contributed by atoms with Gasteiger partial charge in [0.05, 0.1) is 24.0 Å². The molecule has 100 valence electrons. The molecule has 0 aliphatic carbocycles. The van der Waals surface area contributed by atoms with Gasteiger partial charge >= 0.3 is 0 Å². The van der Waals surface area contributed by atoms with Gasteiger partial charge in [0.2, 0.25) is 0 Å². The Kier molecular flexibility index (Phi) is 5.53. The van der Waals surface area contributed by atoms with E-state index in [4.69, 9.17) is 16.3 Å². The van der Waals surface area contributed by atoms with Crippen molar-refractivity contribution in [1.29, 1.82) is 0 Å². The highest BCUT2D eigenvalue weighted by Crippen LogP contribution is 2.12. The lowest BCUT2D eigenvalue weighted by Crippen LogP contribution is -2.36. The number of ether oxygens (including phenoxy) is 1. The number of aromatic nitrogens is 1. The zero-order chi connectivity index (χ0) is 13.7. The van der Waals surface area contributed by atoms with E-state index in [0.717, 1.165) is 0 Å². The van der Waals surface area contributed by atoms with Crippen molar-refractivity contribution in [2.24, 2.45) is 0 Å². The number of aryl methyl sites for hydroxylation is 1. The van der Waals surface area contributed by atoms with Crippen molar-refractivity contribution >= 4 is 17.5 Å². The Balaban J connectivity index is 2.74. The van der Waals surface area contributed by atoms with Gasteiger partial charge in [0, 0.05) is 20.7 Å². The Labute approximate surface area is 111 Å². The minimum atomic E-state index is -0.704. The van der Waals surface area contributed by atoms with Crippen LogP contribution in [0.4, 0.5) is 0 Å². The van der Waals surface area contributed by atoms with Gasteiger partial charge in [-0.2, -0.15) is 0 Å². The molecule has 0 saturated heterocycles. The number of nitrogens with zero attached hydrogens (tertiary/aromatic N) is 2. The van der Waals surface area contributed by atoms with E-state index in [1.165, 1.54) is 12.0 Å². The number of rotatable bonds is 5. The first-order valence-electron chi connectivity index (χ1n) is 5.51. The zero-order valence-electron chi connectivity index (χ0n) is 10.7. The van der Waals surface area contributed by atoms with E-state index in [1.807, 2.05) is 0 Å². The molecule has 5 nitrogen and oxygen atoms in total. The number of hydrogen-bond donors (Lipinski definition) is 1. The summed E-state index contributed by atoms with van der Waals surface area (Å²) < 4.78 is 4.81. The van der Waals surface area contributed by atoms with Crippen LogP contribution in [0.1, 0.15) is 16.1 Å². The molecule has 1 aromatic rings. The van der Waals surface area contributed by atoms with Crippen LogP contribution in [0.5, 0.6) is 0 Å². The molecule has 0 aliphatic rings. The van der Waals surface area contributed by atoms with Gasteiger partial charge < -0.3 is 14.7 Å². The zero-order valence-corrected chi connectivity index (χ0v) is 11.4. The lowest BCUT2D eigenvalue weighted by Gasteiger charge is -2.21. The number of amides is 1. The van der Waals surface area contributed by atoms with Crippen molar-refractivity contribution < 1.29 is 14.6 Å². The van der Waals surface area contributed by atoms with E-state index in [1.54, 1.807) is 26.1 Å². The number of likely N-dealkylation sites (N-methyl/N-ethyl adjacent to an activating group) is 1. The lowest BCUT2D eigenvalue weighted by molar-refractivity contribution is 0.0379. The summed E-state index contributed by atoms with van der Waals surface area (Å²) in [6.45, 7) is 2.11. The maximum Gasteiger partial charge on any atom is 0.255 e. The van der Waals surface area contributed by atoms with E-state index in [2.05, 4.69) is 4.98 Å². The minimum absolute atomic E-state index is 0.190. The third-order valence-corrected chi connectivity index (χ3v) is 2.68. The molecule has 1 atom stereocenters. The second-order valence-electron chi connectivity index (χ2n) is 4.06. The molecule has 1 rings (SSSR count). The number of hydrogen-bond acceptors (Lipinski definition) is 4. The summed E-state index contributed by atoms with van der Waals surface area (Å²) in [6, 6.07) is 3.20. The highest BCUT2D eigenvalue weighted by molar-refractivity contribution is 6.29.